The quantitative estimate of drug-likeness (QED) is 0.518. The van der Waals surface area contributed by atoms with Crippen LogP contribution in [0, 0.1) is 11.3 Å². The first-order chi connectivity index (χ1) is 13.7. The first-order valence-electron chi connectivity index (χ1n) is 11.4. The lowest BCUT2D eigenvalue weighted by atomic mass is 9.78. The van der Waals surface area contributed by atoms with Gasteiger partial charge in [0.05, 0.1) is 12.6 Å². The van der Waals surface area contributed by atoms with Crippen LogP contribution in [0.4, 0.5) is 0 Å². The summed E-state index contributed by atoms with van der Waals surface area (Å²) in [6.45, 7) is 19.5. The van der Waals surface area contributed by atoms with Crippen LogP contribution in [0.1, 0.15) is 54.4 Å². The van der Waals surface area contributed by atoms with Crippen molar-refractivity contribution in [3.8, 4) is 0 Å². The Kier molecular flexibility index (Phi) is 9.21. The molecule has 2 aliphatic heterocycles. The van der Waals surface area contributed by atoms with Crippen LogP contribution in [0.25, 0.3) is 0 Å². The lowest BCUT2D eigenvalue weighted by Crippen LogP contribution is -2.54. The van der Waals surface area contributed by atoms with Crippen LogP contribution in [0.3, 0.4) is 0 Å². The van der Waals surface area contributed by atoms with Crippen molar-refractivity contribution in [1.29, 1.82) is 0 Å². The molecule has 2 aliphatic rings. The zero-order valence-electron chi connectivity index (χ0n) is 19.5. The van der Waals surface area contributed by atoms with E-state index in [9.17, 15) is 4.79 Å². The van der Waals surface area contributed by atoms with Gasteiger partial charge in [-0.05, 0) is 39.0 Å². The van der Waals surface area contributed by atoms with Crippen LogP contribution in [0.15, 0.2) is 4.99 Å². The molecule has 0 radical (unpaired) electrons. The van der Waals surface area contributed by atoms with Crippen molar-refractivity contribution in [2.24, 2.45) is 16.3 Å². The summed E-state index contributed by atoms with van der Waals surface area (Å²) in [4.78, 5) is 21.6. The van der Waals surface area contributed by atoms with E-state index >= 15 is 0 Å². The monoisotopic (exact) mass is 409 g/mol. The van der Waals surface area contributed by atoms with E-state index in [0.29, 0.717) is 12.5 Å². The maximum absolute atomic E-state index is 12.0. The van der Waals surface area contributed by atoms with Gasteiger partial charge in [-0.1, -0.05) is 20.8 Å². The molecule has 7 nitrogen and oxygen atoms in total. The summed E-state index contributed by atoms with van der Waals surface area (Å²) in [7, 11) is 0. The largest absolute Gasteiger partial charge is 0.377 e. The summed E-state index contributed by atoms with van der Waals surface area (Å²) in [5, 5.41) is 6.44. The second-order valence-corrected chi connectivity index (χ2v) is 9.74. The highest BCUT2D eigenvalue weighted by Gasteiger charge is 2.35. The Hall–Kier alpha value is -1.34. The summed E-state index contributed by atoms with van der Waals surface area (Å²) in [6, 6.07) is 0.192. The Bertz CT molecular complexity index is 536. The van der Waals surface area contributed by atoms with Crippen LogP contribution in [0.2, 0.25) is 0 Å². The van der Waals surface area contributed by atoms with Gasteiger partial charge in [0.2, 0.25) is 5.91 Å². The van der Waals surface area contributed by atoms with E-state index in [2.05, 4.69) is 48.1 Å². The Morgan fingerprint density at radius 3 is 2.48 bits per heavy atom. The van der Waals surface area contributed by atoms with Gasteiger partial charge in [0.15, 0.2) is 5.96 Å². The molecule has 2 heterocycles. The summed E-state index contributed by atoms with van der Waals surface area (Å²) >= 11 is 0. The van der Waals surface area contributed by atoms with Gasteiger partial charge < -0.3 is 20.3 Å². The zero-order chi connectivity index (χ0) is 21.4. The molecule has 2 fully saturated rings. The van der Waals surface area contributed by atoms with Crippen molar-refractivity contribution in [2.45, 2.75) is 66.5 Å². The van der Waals surface area contributed by atoms with E-state index in [4.69, 9.17) is 9.73 Å². The Balaban J connectivity index is 1.91. The topological polar surface area (TPSA) is 69.2 Å². The molecule has 2 atom stereocenters. The molecular weight excluding hydrogens is 366 g/mol. The Morgan fingerprint density at radius 1 is 1.21 bits per heavy atom. The molecule has 0 aliphatic carbocycles. The lowest BCUT2D eigenvalue weighted by Gasteiger charge is -2.40. The average molecular weight is 410 g/mol. The minimum absolute atomic E-state index is 0.111. The van der Waals surface area contributed by atoms with Gasteiger partial charge in [0, 0.05) is 57.8 Å². The number of hydrogen-bond donors (Lipinski definition) is 2. The number of guanidine groups is 1. The minimum Gasteiger partial charge on any atom is -0.377 e. The van der Waals surface area contributed by atoms with Crippen LogP contribution in [0.5, 0.6) is 0 Å². The Labute approximate surface area is 177 Å². The second-order valence-electron chi connectivity index (χ2n) is 9.74. The third-order valence-electron chi connectivity index (χ3n) is 5.60. The standard InChI is InChI=1S/C22H43N5O2/c1-7-23-21(24-15-18-9-8-14-29-20(18)22(4,5)6)27-12-10-26(11-13-27)16-19(28)25-17(2)3/h17-18,20H,7-16H2,1-6H3,(H,23,24)(H,25,28). The van der Waals surface area contributed by atoms with Gasteiger partial charge in [-0.25, -0.2) is 0 Å². The first-order valence-corrected chi connectivity index (χ1v) is 11.4. The maximum atomic E-state index is 12.0. The Morgan fingerprint density at radius 2 is 1.90 bits per heavy atom. The van der Waals surface area contributed by atoms with Gasteiger partial charge >= 0.3 is 0 Å². The number of hydrogen-bond acceptors (Lipinski definition) is 4. The number of ether oxygens (including phenoxy) is 1. The first kappa shape index (κ1) is 23.9. The van der Waals surface area contributed by atoms with E-state index in [0.717, 1.165) is 58.3 Å². The molecule has 2 rings (SSSR count). The fourth-order valence-electron chi connectivity index (χ4n) is 4.31. The molecule has 7 heteroatoms. The molecule has 2 unspecified atom stereocenters. The number of nitrogens with one attached hydrogen (secondary N) is 2. The number of nitrogens with zero attached hydrogens (tertiary/aromatic N) is 3. The van der Waals surface area contributed by atoms with E-state index in [-0.39, 0.29) is 23.5 Å². The summed E-state index contributed by atoms with van der Waals surface area (Å²) in [5.74, 6) is 1.58. The number of piperazine rings is 1. The molecule has 29 heavy (non-hydrogen) atoms. The van der Waals surface area contributed by atoms with E-state index < -0.39 is 0 Å². The van der Waals surface area contributed by atoms with Crippen molar-refractivity contribution in [3.05, 3.63) is 0 Å². The number of carbonyl (C=O) groups is 1. The highest BCUT2D eigenvalue weighted by Crippen LogP contribution is 2.34. The van der Waals surface area contributed by atoms with E-state index in [1.807, 2.05) is 13.8 Å². The lowest BCUT2D eigenvalue weighted by molar-refractivity contribution is -0.123. The van der Waals surface area contributed by atoms with Gasteiger partial charge in [-0.2, -0.15) is 0 Å². The number of amides is 1. The predicted molar refractivity (Wildman–Crippen MR) is 119 cm³/mol. The van der Waals surface area contributed by atoms with Gasteiger partial charge in [-0.3, -0.25) is 14.7 Å². The predicted octanol–water partition coefficient (Wildman–Crippen LogP) is 1.94. The second kappa shape index (κ2) is 11.2. The SMILES string of the molecule is CCNC(=NCC1CCCOC1C(C)(C)C)N1CCN(CC(=O)NC(C)C)CC1. The minimum atomic E-state index is 0.111. The molecular formula is C22H43N5O2. The van der Waals surface area contributed by atoms with Gasteiger partial charge in [0.1, 0.15) is 0 Å². The van der Waals surface area contributed by atoms with Crippen LogP contribution >= 0.6 is 0 Å². The fourth-order valence-corrected chi connectivity index (χ4v) is 4.31. The normalized spacial score (nSPS) is 24.7. The highest BCUT2D eigenvalue weighted by atomic mass is 16.5. The number of aliphatic imine (C=N–C) groups is 1. The fraction of sp³-hybridized carbons (Fsp3) is 0.909. The van der Waals surface area contributed by atoms with Crippen LogP contribution < -0.4 is 10.6 Å². The third-order valence-corrected chi connectivity index (χ3v) is 5.60. The molecule has 0 spiro atoms. The molecule has 0 bridgehead atoms. The summed E-state index contributed by atoms with van der Waals surface area (Å²) < 4.78 is 6.12. The molecule has 0 saturated carbocycles. The van der Waals surface area contributed by atoms with Gasteiger partial charge in [-0.15, -0.1) is 0 Å². The zero-order valence-corrected chi connectivity index (χ0v) is 19.5. The van der Waals surface area contributed by atoms with Crippen molar-refractivity contribution < 1.29 is 9.53 Å². The van der Waals surface area contributed by atoms with Crippen LogP contribution in [-0.2, 0) is 9.53 Å². The van der Waals surface area contributed by atoms with E-state index in [1.165, 1.54) is 6.42 Å². The van der Waals surface area contributed by atoms with Crippen molar-refractivity contribution >= 4 is 11.9 Å². The van der Waals surface area contributed by atoms with Gasteiger partial charge in [0.25, 0.3) is 0 Å². The molecule has 1 amide bonds. The summed E-state index contributed by atoms with van der Waals surface area (Å²) in [6.07, 6.45) is 2.57. The molecule has 2 N–H and O–H groups in total. The van der Waals surface area contributed by atoms with Crippen LogP contribution in [-0.4, -0.2) is 86.2 Å². The van der Waals surface area contributed by atoms with Crippen molar-refractivity contribution in [3.63, 3.8) is 0 Å². The number of carbonyl (C=O) groups excluding carboxylic acids is 1. The smallest absolute Gasteiger partial charge is 0.234 e. The molecule has 0 aromatic carbocycles. The van der Waals surface area contributed by atoms with Crippen molar-refractivity contribution in [2.75, 3.05) is 52.4 Å². The molecule has 168 valence electrons. The molecule has 2 saturated heterocycles. The van der Waals surface area contributed by atoms with E-state index in [1.54, 1.807) is 0 Å². The molecule has 0 aromatic rings. The molecule has 0 aromatic heterocycles. The average Bonchev–Trinajstić information content (AvgIpc) is 2.64. The maximum Gasteiger partial charge on any atom is 0.234 e. The number of rotatable bonds is 6. The highest BCUT2D eigenvalue weighted by molar-refractivity contribution is 5.80. The summed E-state index contributed by atoms with van der Waals surface area (Å²) in [5.41, 5.74) is 0.140. The van der Waals surface area contributed by atoms with Crippen molar-refractivity contribution in [1.82, 2.24) is 20.4 Å². The third kappa shape index (κ3) is 7.78.